The summed E-state index contributed by atoms with van der Waals surface area (Å²) in [5, 5.41) is 14.9. The summed E-state index contributed by atoms with van der Waals surface area (Å²) in [5.41, 5.74) is 4.60. The first-order valence-corrected chi connectivity index (χ1v) is 10.2. The Kier molecular flexibility index (Phi) is 7.12. The van der Waals surface area contributed by atoms with E-state index in [2.05, 4.69) is 5.32 Å². The topological polar surface area (TPSA) is 95.7 Å². The zero-order valence-corrected chi connectivity index (χ0v) is 17.9. The van der Waals surface area contributed by atoms with Crippen LogP contribution >= 0.6 is 11.6 Å². The number of likely N-dealkylation sites (tertiary alicyclic amines) is 1. The number of rotatable bonds is 6. The highest BCUT2D eigenvalue weighted by molar-refractivity contribution is 6.30. The molecule has 0 bridgehead atoms. The normalized spacial score (nSPS) is 22.8. The third kappa shape index (κ3) is 4.67. The van der Waals surface area contributed by atoms with Crippen LogP contribution in [0.1, 0.15) is 46.1 Å². The van der Waals surface area contributed by atoms with E-state index < -0.39 is 17.1 Å². The summed E-state index contributed by atoms with van der Waals surface area (Å²) in [6, 6.07) is 6.61. The lowest BCUT2D eigenvalue weighted by molar-refractivity contribution is -0.156. The van der Waals surface area contributed by atoms with Gasteiger partial charge in [-0.25, -0.2) is 0 Å². The predicted octanol–water partition coefficient (Wildman–Crippen LogP) is 2.28. The maximum absolute atomic E-state index is 13.1. The Hall–Kier alpha value is -1.63. The number of carbonyl (C=O) groups is 2. The van der Waals surface area contributed by atoms with Gasteiger partial charge in [0.25, 0.3) is 0 Å². The Morgan fingerprint density at radius 2 is 1.89 bits per heavy atom. The molecule has 156 valence electrons. The predicted molar refractivity (Wildman–Crippen MR) is 111 cm³/mol. The molecule has 1 aromatic rings. The Labute approximate surface area is 172 Å². The van der Waals surface area contributed by atoms with E-state index in [0.717, 1.165) is 5.56 Å². The summed E-state index contributed by atoms with van der Waals surface area (Å²) in [7, 11) is 0. The van der Waals surface area contributed by atoms with Crippen molar-refractivity contribution in [2.45, 2.75) is 52.2 Å². The van der Waals surface area contributed by atoms with Gasteiger partial charge in [-0.1, -0.05) is 51.4 Å². The number of hydrogen-bond acceptors (Lipinski definition) is 4. The third-order valence-electron chi connectivity index (χ3n) is 5.70. The number of nitrogens with two attached hydrogens (primary N) is 1. The van der Waals surface area contributed by atoms with Crippen LogP contribution in [-0.4, -0.2) is 47.5 Å². The number of hydrogen-bond donors (Lipinski definition) is 3. The molecule has 2 atom stereocenters. The first-order valence-electron chi connectivity index (χ1n) is 9.78. The molecule has 2 amide bonds. The number of nitrogens with one attached hydrogen (secondary N) is 1. The second kappa shape index (κ2) is 8.80. The van der Waals surface area contributed by atoms with Crippen LogP contribution in [0.15, 0.2) is 24.3 Å². The van der Waals surface area contributed by atoms with Crippen molar-refractivity contribution in [2.75, 3.05) is 19.6 Å². The fourth-order valence-corrected chi connectivity index (χ4v) is 3.98. The van der Waals surface area contributed by atoms with Crippen molar-refractivity contribution in [1.82, 2.24) is 10.2 Å². The van der Waals surface area contributed by atoms with Gasteiger partial charge >= 0.3 is 0 Å². The summed E-state index contributed by atoms with van der Waals surface area (Å²) in [6.45, 7) is 8.78. The van der Waals surface area contributed by atoms with Gasteiger partial charge in [-0.05, 0) is 30.0 Å². The maximum Gasteiger partial charge on any atom is 0.245 e. The number of aliphatic hydroxyl groups is 1. The molecule has 0 saturated carbocycles. The molecule has 1 heterocycles. The van der Waals surface area contributed by atoms with E-state index in [1.54, 1.807) is 17.0 Å². The van der Waals surface area contributed by atoms with Gasteiger partial charge in [-0.15, -0.1) is 0 Å². The van der Waals surface area contributed by atoms with Crippen molar-refractivity contribution in [3.63, 3.8) is 0 Å². The third-order valence-corrected chi connectivity index (χ3v) is 5.96. The molecule has 1 aliphatic heterocycles. The maximum atomic E-state index is 13.1. The lowest BCUT2D eigenvalue weighted by atomic mass is 9.66. The van der Waals surface area contributed by atoms with Crippen molar-refractivity contribution in [2.24, 2.45) is 17.1 Å². The van der Waals surface area contributed by atoms with Gasteiger partial charge in [0.15, 0.2) is 0 Å². The van der Waals surface area contributed by atoms with Crippen molar-refractivity contribution in [3.05, 3.63) is 34.9 Å². The summed E-state index contributed by atoms with van der Waals surface area (Å²) < 4.78 is 0. The van der Waals surface area contributed by atoms with Gasteiger partial charge in [0, 0.05) is 36.5 Å². The van der Waals surface area contributed by atoms with Gasteiger partial charge in [0.1, 0.15) is 6.04 Å². The van der Waals surface area contributed by atoms with Crippen LogP contribution in [0.3, 0.4) is 0 Å². The number of halogens is 1. The van der Waals surface area contributed by atoms with E-state index in [4.69, 9.17) is 17.3 Å². The second-order valence-corrected chi connectivity index (χ2v) is 9.03. The van der Waals surface area contributed by atoms with E-state index in [1.807, 2.05) is 39.8 Å². The van der Waals surface area contributed by atoms with Crippen LogP contribution in [0.5, 0.6) is 0 Å². The molecule has 28 heavy (non-hydrogen) atoms. The monoisotopic (exact) mass is 409 g/mol. The molecule has 0 aromatic heterocycles. The van der Waals surface area contributed by atoms with E-state index in [1.165, 1.54) is 0 Å². The van der Waals surface area contributed by atoms with Crippen LogP contribution in [0.2, 0.25) is 5.02 Å². The summed E-state index contributed by atoms with van der Waals surface area (Å²) in [5.74, 6) is -0.385. The van der Waals surface area contributed by atoms with Crippen LogP contribution < -0.4 is 11.1 Å². The minimum absolute atomic E-state index is 0.0468. The highest BCUT2D eigenvalue weighted by Gasteiger charge is 2.50. The van der Waals surface area contributed by atoms with E-state index >= 15 is 0 Å². The molecule has 7 heteroatoms. The smallest absolute Gasteiger partial charge is 0.245 e. The lowest BCUT2D eigenvalue weighted by Gasteiger charge is -2.51. The van der Waals surface area contributed by atoms with Crippen molar-refractivity contribution in [1.29, 1.82) is 0 Å². The lowest BCUT2D eigenvalue weighted by Crippen LogP contribution is -2.60. The Bertz CT molecular complexity index is 705. The number of piperidine rings is 1. The first kappa shape index (κ1) is 22.7. The summed E-state index contributed by atoms with van der Waals surface area (Å²) in [6.07, 6.45) is 0.604. The molecule has 4 N–H and O–H groups in total. The molecular weight excluding hydrogens is 378 g/mol. The van der Waals surface area contributed by atoms with Crippen molar-refractivity contribution < 1.29 is 14.7 Å². The molecular formula is C21H32ClN3O3. The molecule has 1 saturated heterocycles. The Morgan fingerprint density at radius 1 is 1.29 bits per heavy atom. The zero-order valence-electron chi connectivity index (χ0n) is 17.2. The van der Waals surface area contributed by atoms with Gasteiger partial charge in [0.05, 0.1) is 5.60 Å². The van der Waals surface area contributed by atoms with Gasteiger partial charge < -0.3 is 21.1 Å². The Balaban J connectivity index is 2.18. The average molecular weight is 410 g/mol. The highest BCUT2D eigenvalue weighted by atomic mass is 35.5. The van der Waals surface area contributed by atoms with Crippen molar-refractivity contribution >= 4 is 23.4 Å². The fraction of sp³-hybridized carbons (Fsp3) is 0.619. The van der Waals surface area contributed by atoms with Crippen LogP contribution in [0.4, 0.5) is 0 Å². The highest BCUT2D eigenvalue weighted by Crippen LogP contribution is 2.46. The van der Waals surface area contributed by atoms with Gasteiger partial charge in [0.2, 0.25) is 11.8 Å². The molecule has 1 fully saturated rings. The number of nitrogens with zero attached hydrogens (tertiary/aromatic N) is 1. The fourth-order valence-electron chi connectivity index (χ4n) is 3.86. The first-order chi connectivity index (χ1) is 13.0. The molecule has 0 aliphatic carbocycles. The standard InChI is InChI=1S/C21H32ClN3O3/c1-14(2)18(24-17(26)9-11-23)19(27)25-12-10-21(28,20(3,4)13-25)15-5-7-16(22)8-6-15/h5-8,14,18,28H,9-13,23H2,1-4H3,(H,24,26). The minimum atomic E-state index is -1.06. The number of amides is 2. The quantitative estimate of drug-likeness (QED) is 0.671. The molecule has 1 aliphatic rings. The summed E-state index contributed by atoms with van der Waals surface area (Å²) in [4.78, 5) is 26.9. The average Bonchev–Trinajstić information content (AvgIpc) is 2.62. The molecule has 0 radical (unpaired) electrons. The van der Waals surface area contributed by atoms with Crippen LogP contribution in [0.25, 0.3) is 0 Å². The molecule has 0 spiro atoms. The number of carbonyl (C=O) groups excluding carboxylic acids is 2. The Morgan fingerprint density at radius 3 is 2.39 bits per heavy atom. The van der Waals surface area contributed by atoms with Crippen molar-refractivity contribution in [3.8, 4) is 0 Å². The largest absolute Gasteiger partial charge is 0.384 e. The number of benzene rings is 1. The van der Waals surface area contributed by atoms with E-state index in [-0.39, 0.29) is 30.7 Å². The second-order valence-electron chi connectivity index (χ2n) is 8.59. The minimum Gasteiger partial charge on any atom is -0.384 e. The van der Waals surface area contributed by atoms with E-state index in [9.17, 15) is 14.7 Å². The molecule has 1 aromatic carbocycles. The molecule has 2 unspecified atom stereocenters. The van der Waals surface area contributed by atoms with Crippen LogP contribution in [0, 0.1) is 11.3 Å². The van der Waals surface area contributed by atoms with Gasteiger partial charge in [-0.3, -0.25) is 9.59 Å². The molecule has 2 rings (SSSR count). The zero-order chi connectivity index (χ0) is 21.1. The SMILES string of the molecule is CC(C)C(NC(=O)CCN)C(=O)N1CCC(O)(c2ccc(Cl)cc2)C(C)(C)C1. The summed E-state index contributed by atoms with van der Waals surface area (Å²) >= 11 is 5.98. The van der Waals surface area contributed by atoms with Crippen LogP contribution in [-0.2, 0) is 15.2 Å². The van der Waals surface area contributed by atoms with E-state index in [0.29, 0.717) is 24.5 Å². The molecule has 6 nitrogen and oxygen atoms in total. The van der Waals surface area contributed by atoms with Gasteiger partial charge in [-0.2, -0.15) is 0 Å².